The second-order valence-electron chi connectivity index (χ2n) is 10.7. The molecule has 186 valence electrons. The molecule has 2 heterocycles. The summed E-state index contributed by atoms with van der Waals surface area (Å²) in [6.07, 6.45) is 7.53. The van der Waals surface area contributed by atoms with Crippen molar-refractivity contribution in [2.45, 2.75) is 76.9 Å². The summed E-state index contributed by atoms with van der Waals surface area (Å²) < 4.78 is 8.79. The van der Waals surface area contributed by atoms with E-state index in [4.69, 9.17) is 9.84 Å². The van der Waals surface area contributed by atoms with Gasteiger partial charge < -0.3 is 20.4 Å². The number of nitrogens with one attached hydrogen (secondary N) is 1. The molecule has 0 saturated heterocycles. The van der Waals surface area contributed by atoms with Crippen molar-refractivity contribution in [3.05, 3.63) is 53.1 Å². The van der Waals surface area contributed by atoms with Crippen molar-refractivity contribution >= 4 is 22.5 Å². The SMILES string of the molecule is CC(C)c1cccc(C(=O)Nc2cc3cn(C4CCC(C)(O)CC4)nc3cc2OCC2CC2)[n+]1[O-]. The Hall–Kier alpha value is -3.13. The summed E-state index contributed by atoms with van der Waals surface area (Å²) in [7, 11) is 0. The number of rotatable bonds is 7. The zero-order valence-corrected chi connectivity index (χ0v) is 20.7. The van der Waals surface area contributed by atoms with Gasteiger partial charge in [-0.05, 0) is 63.5 Å². The molecule has 35 heavy (non-hydrogen) atoms. The molecule has 8 heteroatoms. The van der Waals surface area contributed by atoms with Crippen LogP contribution in [0.1, 0.15) is 87.4 Å². The molecule has 2 aliphatic carbocycles. The third-order valence-electron chi connectivity index (χ3n) is 7.25. The van der Waals surface area contributed by atoms with E-state index in [9.17, 15) is 15.1 Å². The van der Waals surface area contributed by atoms with Crippen LogP contribution in [0.15, 0.2) is 36.5 Å². The van der Waals surface area contributed by atoms with E-state index in [1.165, 1.54) is 6.07 Å². The van der Waals surface area contributed by atoms with Crippen LogP contribution in [0, 0.1) is 11.1 Å². The van der Waals surface area contributed by atoms with Crippen LogP contribution in [0.2, 0.25) is 0 Å². The molecule has 5 rings (SSSR count). The normalized spacial score (nSPS) is 22.5. The van der Waals surface area contributed by atoms with Crippen LogP contribution in [0.5, 0.6) is 5.75 Å². The highest BCUT2D eigenvalue weighted by molar-refractivity contribution is 6.04. The molecule has 1 amide bonds. The number of fused-ring (bicyclic) bond motifs is 1. The van der Waals surface area contributed by atoms with Gasteiger partial charge in [0.25, 0.3) is 5.69 Å². The Bertz CT molecular complexity index is 1240. The van der Waals surface area contributed by atoms with E-state index >= 15 is 0 Å². The third kappa shape index (κ3) is 5.12. The van der Waals surface area contributed by atoms with E-state index in [-0.39, 0.29) is 17.7 Å². The minimum absolute atomic E-state index is 0.00311. The fourth-order valence-corrected chi connectivity index (χ4v) is 4.75. The number of pyridine rings is 1. The Morgan fingerprint density at radius 1 is 1.29 bits per heavy atom. The number of amides is 1. The topological polar surface area (TPSA) is 103 Å². The predicted molar refractivity (Wildman–Crippen MR) is 134 cm³/mol. The number of nitrogens with zero attached hydrogens (tertiary/aromatic N) is 3. The van der Waals surface area contributed by atoms with Crippen LogP contribution in [-0.2, 0) is 0 Å². The molecule has 0 bridgehead atoms. The standard InChI is InChI=1S/C27H34N4O4/c1-17(2)23-5-4-6-24(31(23)34)26(32)28-22-13-19-15-30(20-9-11-27(3,33)12-10-20)29-21(19)14-25(22)35-16-18-7-8-18/h4-6,13-15,17-18,20,33H,7-12,16H2,1-3H3,(H,28,32). The zero-order chi connectivity index (χ0) is 24.7. The Balaban J connectivity index is 1.44. The molecule has 0 spiro atoms. The molecule has 2 aliphatic rings. The summed E-state index contributed by atoms with van der Waals surface area (Å²) in [6.45, 7) is 6.34. The number of benzene rings is 1. The highest BCUT2D eigenvalue weighted by atomic mass is 16.5. The van der Waals surface area contributed by atoms with Gasteiger partial charge in [0.2, 0.25) is 0 Å². The first-order valence-electron chi connectivity index (χ1n) is 12.6. The van der Waals surface area contributed by atoms with Gasteiger partial charge in [0.1, 0.15) is 5.75 Å². The van der Waals surface area contributed by atoms with Crippen molar-refractivity contribution in [1.82, 2.24) is 9.78 Å². The van der Waals surface area contributed by atoms with E-state index in [0.29, 0.717) is 34.4 Å². The smallest absolute Gasteiger partial charge is 0.321 e. The van der Waals surface area contributed by atoms with E-state index in [1.54, 1.807) is 12.1 Å². The maximum Gasteiger partial charge on any atom is 0.321 e. The average molecular weight is 479 g/mol. The van der Waals surface area contributed by atoms with E-state index in [1.807, 2.05) is 43.8 Å². The minimum atomic E-state index is -0.602. The van der Waals surface area contributed by atoms with Crippen molar-refractivity contribution in [1.29, 1.82) is 0 Å². The summed E-state index contributed by atoms with van der Waals surface area (Å²) in [5.74, 6) is 0.642. The van der Waals surface area contributed by atoms with Gasteiger partial charge in [-0.15, -0.1) is 0 Å². The predicted octanol–water partition coefficient (Wildman–Crippen LogP) is 4.70. The lowest BCUT2D eigenvalue weighted by atomic mass is 9.84. The fourth-order valence-electron chi connectivity index (χ4n) is 4.75. The first-order valence-corrected chi connectivity index (χ1v) is 12.6. The highest BCUT2D eigenvalue weighted by Gasteiger charge is 2.30. The van der Waals surface area contributed by atoms with Crippen LogP contribution >= 0.6 is 0 Å². The molecule has 1 aromatic carbocycles. The second kappa shape index (κ2) is 9.15. The van der Waals surface area contributed by atoms with Gasteiger partial charge in [0.15, 0.2) is 5.69 Å². The van der Waals surface area contributed by atoms with Gasteiger partial charge in [-0.1, -0.05) is 13.8 Å². The van der Waals surface area contributed by atoms with Crippen molar-refractivity contribution in [2.24, 2.45) is 5.92 Å². The summed E-state index contributed by atoms with van der Waals surface area (Å²) in [6, 6.07) is 8.99. The van der Waals surface area contributed by atoms with Crippen molar-refractivity contribution in [2.75, 3.05) is 11.9 Å². The number of carbonyl (C=O) groups is 1. The molecular weight excluding hydrogens is 444 g/mol. The summed E-state index contributed by atoms with van der Waals surface area (Å²) in [4.78, 5) is 13.1. The lowest BCUT2D eigenvalue weighted by molar-refractivity contribution is -0.617. The number of hydrogen-bond donors (Lipinski definition) is 2. The van der Waals surface area contributed by atoms with Crippen LogP contribution in [0.3, 0.4) is 0 Å². The lowest BCUT2D eigenvalue weighted by Gasteiger charge is -2.33. The average Bonchev–Trinajstić information content (AvgIpc) is 3.55. The minimum Gasteiger partial charge on any atom is -0.618 e. The third-order valence-corrected chi connectivity index (χ3v) is 7.25. The molecular formula is C27H34N4O4. The number of carbonyl (C=O) groups excluding carboxylic acids is 1. The van der Waals surface area contributed by atoms with Crippen LogP contribution in [0.25, 0.3) is 10.9 Å². The number of hydrogen-bond acceptors (Lipinski definition) is 5. The number of aromatic nitrogens is 3. The highest BCUT2D eigenvalue weighted by Crippen LogP contribution is 2.37. The van der Waals surface area contributed by atoms with Crippen LogP contribution in [-0.4, -0.2) is 33.0 Å². The maximum absolute atomic E-state index is 13.1. The first kappa shape index (κ1) is 23.6. The molecule has 0 atom stereocenters. The molecule has 0 radical (unpaired) electrons. The van der Waals surface area contributed by atoms with Crippen molar-refractivity contribution in [3.8, 4) is 5.75 Å². The molecule has 8 nitrogen and oxygen atoms in total. The summed E-state index contributed by atoms with van der Waals surface area (Å²) in [5, 5.41) is 31.7. The summed E-state index contributed by atoms with van der Waals surface area (Å²) in [5.41, 5.74) is 1.33. The molecule has 0 unspecified atom stereocenters. The molecule has 3 aromatic rings. The van der Waals surface area contributed by atoms with E-state index in [0.717, 1.165) is 49.4 Å². The molecule has 2 N–H and O–H groups in total. The summed E-state index contributed by atoms with van der Waals surface area (Å²) >= 11 is 0. The van der Waals surface area contributed by atoms with E-state index < -0.39 is 11.5 Å². The van der Waals surface area contributed by atoms with Gasteiger partial charge in [0.05, 0.1) is 29.5 Å². The maximum atomic E-state index is 13.1. The first-order chi connectivity index (χ1) is 16.7. The van der Waals surface area contributed by atoms with Gasteiger partial charge in [-0.3, -0.25) is 9.48 Å². The van der Waals surface area contributed by atoms with Crippen molar-refractivity contribution in [3.63, 3.8) is 0 Å². The zero-order valence-electron chi connectivity index (χ0n) is 20.7. The van der Waals surface area contributed by atoms with Gasteiger partial charge in [-0.2, -0.15) is 9.83 Å². The lowest BCUT2D eigenvalue weighted by Crippen LogP contribution is -2.41. The van der Waals surface area contributed by atoms with Crippen LogP contribution < -0.4 is 14.8 Å². The number of aliphatic hydroxyl groups is 1. The Morgan fingerprint density at radius 2 is 2.03 bits per heavy atom. The van der Waals surface area contributed by atoms with Gasteiger partial charge >= 0.3 is 5.91 Å². The molecule has 2 fully saturated rings. The van der Waals surface area contributed by atoms with Gasteiger partial charge in [0, 0.05) is 35.7 Å². The number of anilines is 1. The van der Waals surface area contributed by atoms with Gasteiger partial charge in [-0.25, -0.2) is 0 Å². The quantitative estimate of drug-likeness (QED) is 0.378. The number of ether oxygens (including phenoxy) is 1. The monoisotopic (exact) mass is 478 g/mol. The second-order valence-corrected chi connectivity index (χ2v) is 10.7. The largest absolute Gasteiger partial charge is 0.618 e. The van der Waals surface area contributed by atoms with Crippen molar-refractivity contribution < 1.29 is 19.4 Å². The van der Waals surface area contributed by atoms with E-state index in [2.05, 4.69) is 5.32 Å². The Labute approximate surface area is 205 Å². The molecule has 2 aromatic heterocycles. The Kier molecular flexibility index (Phi) is 6.17. The fraction of sp³-hybridized carbons (Fsp3) is 0.519. The molecule has 2 saturated carbocycles. The van der Waals surface area contributed by atoms with Crippen LogP contribution in [0.4, 0.5) is 5.69 Å². The Morgan fingerprint density at radius 3 is 2.71 bits per heavy atom. The molecule has 0 aliphatic heterocycles.